The smallest absolute Gasteiger partial charge is 0.352 e. The van der Waals surface area contributed by atoms with Crippen LogP contribution in [0, 0.1) is 6.92 Å². The predicted octanol–water partition coefficient (Wildman–Crippen LogP) is 5.53. The topological polar surface area (TPSA) is 77.2 Å². The molecule has 0 unspecified atom stereocenters. The number of nitrogens with zero attached hydrogens (tertiary/aromatic N) is 3. The number of unbranched alkanes of at least 4 members (excludes halogenated alkanes) is 1. The number of benzene rings is 1. The van der Waals surface area contributed by atoms with Crippen molar-refractivity contribution in [3.63, 3.8) is 0 Å². The molecule has 32 heavy (non-hydrogen) atoms. The minimum Gasteiger partial charge on any atom is -0.492 e. The second-order valence-corrected chi connectivity index (χ2v) is 7.88. The lowest BCUT2D eigenvalue weighted by atomic mass is 10.1. The Morgan fingerprint density at radius 3 is 2.59 bits per heavy atom. The van der Waals surface area contributed by atoms with Crippen LogP contribution < -0.4 is 4.74 Å². The Balaban J connectivity index is 1.66. The van der Waals surface area contributed by atoms with Gasteiger partial charge in [0, 0.05) is 29.0 Å². The molecule has 0 aliphatic carbocycles. The van der Waals surface area contributed by atoms with Gasteiger partial charge in [0.25, 0.3) is 0 Å². The van der Waals surface area contributed by atoms with E-state index in [1.807, 2.05) is 43.3 Å². The summed E-state index contributed by atoms with van der Waals surface area (Å²) in [5.74, 6) is -0.205. The molecule has 3 aromatic heterocycles. The summed E-state index contributed by atoms with van der Waals surface area (Å²) in [6.45, 7) is 4.96. The molecule has 0 saturated heterocycles. The number of aromatic carboxylic acids is 1. The van der Waals surface area contributed by atoms with E-state index in [-0.39, 0.29) is 5.69 Å². The lowest BCUT2D eigenvalue weighted by Gasteiger charge is -2.11. The Morgan fingerprint density at radius 2 is 1.84 bits per heavy atom. The minimum absolute atomic E-state index is 0.224. The highest BCUT2D eigenvalue weighted by Crippen LogP contribution is 2.30. The van der Waals surface area contributed by atoms with Crippen LogP contribution in [0.25, 0.3) is 22.2 Å². The van der Waals surface area contributed by atoms with Gasteiger partial charge in [0.15, 0.2) is 0 Å². The lowest BCUT2D eigenvalue weighted by Crippen LogP contribution is -2.13. The van der Waals surface area contributed by atoms with Gasteiger partial charge in [-0.3, -0.25) is 9.97 Å². The quantitative estimate of drug-likeness (QED) is 0.379. The first-order valence-corrected chi connectivity index (χ1v) is 10.9. The maximum atomic E-state index is 12.0. The third kappa shape index (κ3) is 4.64. The molecule has 0 fully saturated rings. The molecule has 4 rings (SSSR count). The van der Waals surface area contributed by atoms with Crippen molar-refractivity contribution in [2.24, 2.45) is 0 Å². The monoisotopic (exact) mass is 429 g/mol. The summed E-state index contributed by atoms with van der Waals surface area (Å²) in [5, 5.41) is 10.6. The summed E-state index contributed by atoms with van der Waals surface area (Å²) in [5.41, 5.74) is 4.95. The normalized spacial score (nSPS) is 11.1. The van der Waals surface area contributed by atoms with Gasteiger partial charge in [-0.25, -0.2) is 4.79 Å². The first kappa shape index (κ1) is 21.6. The molecule has 0 radical (unpaired) electrons. The summed E-state index contributed by atoms with van der Waals surface area (Å²) < 4.78 is 7.64. The summed E-state index contributed by atoms with van der Waals surface area (Å²) in [7, 11) is 0. The van der Waals surface area contributed by atoms with E-state index in [4.69, 9.17) is 4.74 Å². The Bertz CT molecular complexity index is 1230. The predicted molar refractivity (Wildman–Crippen MR) is 125 cm³/mol. The van der Waals surface area contributed by atoms with Gasteiger partial charge in [0.05, 0.1) is 17.8 Å². The Morgan fingerprint density at radius 1 is 1.06 bits per heavy atom. The summed E-state index contributed by atoms with van der Waals surface area (Å²) in [4.78, 5) is 21.0. The van der Waals surface area contributed by atoms with Crippen LogP contribution in [0.4, 0.5) is 0 Å². The standard InChI is InChI=1S/C26H27N3O3/c1-3-4-5-20-16-19(10-12-27-20)25-22-17-24(26(30)31)29(23(22)11-13-28-25)14-15-32-21-8-6-18(2)7-9-21/h6-13,16-17H,3-5,14-15H2,1-2H3,(H,30,31). The maximum Gasteiger partial charge on any atom is 0.352 e. The van der Waals surface area contributed by atoms with Gasteiger partial charge in [-0.05, 0) is 56.2 Å². The number of aryl methyl sites for hydroxylation is 2. The summed E-state index contributed by atoms with van der Waals surface area (Å²) in [6, 6.07) is 15.4. The van der Waals surface area contributed by atoms with E-state index >= 15 is 0 Å². The SMILES string of the molecule is CCCCc1cc(-c2nccc3c2cc(C(=O)O)n3CCOc2ccc(C)cc2)ccn1. The fraction of sp³-hybridized carbons (Fsp3) is 0.269. The van der Waals surface area contributed by atoms with E-state index in [9.17, 15) is 9.90 Å². The second kappa shape index (κ2) is 9.64. The number of pyridine rings is 2. The largest absolute Gasteiger partial charge is 0.492 e. The molecule has 6 nitrogen and oxygen atoms in total. The number of carbonyl (C=O) groups is 1. The molecule has 6 heteroatoms. The number of ether oxygens (including phenoxy) is 1. The third-order valence-corrected chi connectivity index (χ3v) is 5.53. The van der Waals surface area contributed by atoms with E-state index in [1.165, 1.54) is 0 Å². The molecular weight excluding hydrogens is 402 g/mol. The fourth-order valence-corrected chi connectivity index (χ4v) is 3.84. The molecular formula is C26H27N3O3. The second-order valence-electron chi connectivity index (χ2n) is 7.88. The van der Waals surface area contributed by atoms with Crippen molar-refractivity contribution in [2.45, 2.75) is 39.7 Å². The van der Waals surface area contributed by atoms with Gasteiger partial charge in [-0.1, -0.05) is 31.0 Å². The van der Waals surface area contributed by atoms with Crippen molar-refractivity contribution in [1.29, 1.82) is 0 Å². The fourth-order valence-electron chi connectivity index (χ4n) is 3.84. The number of fused-ring (bicyclic) bond motifs is 1. The van der Waals surface area contributed by atoms with Crippen LogP contribution in [0.2, 0.25) is 0 Å². The first-order valence-electron chi connectivity index (χ1n) is 10.9. The Labute approximate surface area is 187 Å². The average molecular weight is 430 g/mol. The molecule has 0 saturated carbocycles. The van der Waals surface area contributed by atoms with Crippen molar-refractivity contribution in [3.8, 4) is 17.0 Å². The number of aromatic nitrogens is 3. The van der Waals surface area contributed by atoms with Crippen LogP contribution in [0.5, 0.6) is 5.75 Å². The molecule has 0 aliphatic heterocycles. The molecule has 1 N–H and O–H groups in total. The third-order valence-electron chi connectivity index (χ3n) is 5.53. The minimum atomic E-state index is -0.971. The van der Waals surface area contributed by atoms with Gasteiger partial charge >= 0.3 is 5.97 Å². The van der Waals surface area contributed by atoms with Crippen molar-refractivity contribution in [2.75, 3.05) is 6.61 Å². The van der Waals surface area contributed by atoms with E-state index in [0.717, 1.165) is 58.4 Å². The highest BCUT2D eigenvalue weighted by Gasteiger charge is 2.18. The first-order chi connectivity index (χ1) is 15.6. The molecule has 0 amide bonds. The molecule has 4 aromatic rings. The maximum absolute atomic E-state index is 12.0. The van der Waals surface area contributed by atoms with Gasteiger partial charge in [0.1, 0.15) is 18.1 Å². The average Bonchev–Trinajstić information content (AvgIpc) is 3.18. The number of carboxylic acids is 1. The number of rotatable bonds is 9. The molecule has 1 aromatic carbocycles. The van der Waals surface area contributed by atoms with Crippen LogP contribution in [-0.2, 0) is 13.0 Å². The van der Waals surface area contributed by atoms with E-state index in [0.29, 0.717) is 13.2 Å². The highest BCUT2D eigenvalue weighted by atomic mass is 16.5. The van der Waals surface area contributed by atoms with Gasteiger partial charge in [-0.15, -0.1) is 0 Å². The molecule has 0 aliphatic rings. The summed E-state index contributed by atoms with van der Waals surface area (Å²) in [6.07, 6.45) is 6.63. The Kier molecular flexibility index (Phi) is 6.50. The van der Waals surface area contributed by atoms with Crippen LogP contribution in [0.15, 0.2) is 60.9 Å². The highest BCUT2D eigenvalue weighted by molar-refractivity contribution is 6.00. The van der Waals surface area contributed by atoms with E-state index in [2.05, 4.69) is 23.0 Å². The number of hydrogen-bond acceptors (Lipinski definition) is 4. The molecule has 0 atom stereocenters. The van der Waals surface area contributed by atoms with Crippen LogP contribution >= 0.6 is 0 Å². The van der Waals surface area contributed by atoms with Crippen molar-refractivity contribution in [3.05, 3.63) is 77.9 Å². The van der Waals surface area contributed by atoms with Gasteiger partial charge in [-0.2, -0.15) is 0 Å². The molecule has 0 bridgehead atoms. The zero-order chi connectivity index (χ0) is 22.5. The van der Waals surface area contributed by atoms with Gasteiger partial charge in [0.2, 0.25) is 0 Å². The lowest BCUT2D eigenvalue weighted by molar-refractivity contribution is 0.0684. The molecule has 3 heterocycles. The number of hydrogen-bond donors (Lipinski definition) is 1. The van der Waals surface area contributed by atoms with E-state index < -0.39 is 5.97 Å². The zero-order valence-electron chi connectivity index (χ0n) is 18.4. The van der Waals surface area contributed by atoms with Crippen molar-refractivity contribution >= 4 is 16.9 Å². The van der Waals surface area contributed by atoms with Crippen molar-refractivity contribution < 1.29 is 14.6 Å². The van der Waals surface area contributed by atoms with E-state index in [1.54, 1.807) is 23.0 Å². The van der Waals surface area contributed by atoms with Crippen LogP contribution in [0.1, 0.15) is 41.5 Å². The van der Waals surface area contributed by atoms with Crippen LogP contribution in [-0.4, -0.2) is 32.2 Å². The summed E-state index contributed by atoms with van der Waals surface area (Å²) >= 11 is 0. The van der Waals surface area contributed by atoms with Crippen molar-refractivity contribution in [1.82, 2.24) is 14.5 Å². The molecule has 0 spiro atoms. The Hall–Kier alpha value is -3.67. The van der Waals surface area contributed by atoms with Gasteiger partial charge < -0.3 is 14.4 Å². The zero-order valence-corrected chi connectivity index (χ0v) is 18.4. The number of carboxylic acid groups (broad SMARTS) is 1. The molecule has 164 valence electrons. The van der Waals surface area contributed by atoms with Crippen LogP contribution in [0.3, 0.4) is 0 Å².